The fourth-order valence-corrected chi connectivity index (χ4v) is 3.67. The molecule has 1 aromatic rings. The fourth-order valence-electron chi connectivity index (χ4n) is 2.32. The van der Waals surface area contributed by atoms with Gasteiger partial charge < -0.3 is 5.32 Å². The molecule has 0 atom stereocenters. The Kier molecular flexibility index (Phi) is 2.16. The largest absolute Gasteiger partial charge is 0.384 e. The lowest BCUT2D eigenvalue weighted by molar-refractivity contribution is 0.187. The van der Waals surface area contributed by atoms with Crippen molar-refractivity contribution in [1.29, 1.82) is 0 Å². The maximum absolute atomic E-state index is 13.1. The van der Waals surface area contributed by atoms with Gasteiger partial charge in [-0.25, -0.2) is 4.39 Å². The highest BCUT2D eigenvalue weighted by Gasteiger charge is 2.38. The third kappa shape index (κ3) is 1.63. The van der Waals surface area contributed by atoms with Crippen LogP contribution in [0.1, 0.15) is 19.3 Å². The van der Waals surface area contributed by atoms with Gasteiger partial charge in [0, 0.05) is 22.9 Å². The van der Waals surface area contributed by atoms with Crippen LogP contribution in [0.4, 0.5) is 10.1 Å². The normalized spacial score (nSPS) is 22.5. The molecule has 3 heteroatoms. The Labute approximate surface area is 93.4 Å². The maximum atomic E-state index is 13.1. The highest BCUT2D eigenvalue weighted by Crippen LogP contribution is 2.47. The molecule has 0 unspecified atom stereocenters. The first-order chi connectivity index (χ1) is 7.27. The van der Waals surface area contributed by atoms with E-state index in [1.165, 1.54) is 25.3 Å². The zero-order chi connectivity index (χ0) is 10.3. The Bertz CT molecular complexity index is 387. The van der Waals surface area contributed by atoms with E-state index in [1.807, 2.05) is 6.07 Å². The van der Waals surface area contributed by atoms with Gasteiger partial charge in [0.05, 0.1) is 0 Å². The minimum absolute atomic E-state index is 0.132. The van der Waals surface area contributed by atoms with Crippen LogP contribution < -0.4 is 5.32 Å². The van der Waals surface area contributed by atoms with Crippen molar-refractivity contribution >= 4 is 17.4 Å². The molecular weight excluding hydrogens is 209 g/mol. The first kappa shape index (κ1) is 9.52. The monoisotopic (exact) mass is 223 g/mol. The average molecular weight is 223 g/mol. The minimum atomic E-state index is -0.132. The van der Waals surface area contributed by atoms with Crippen LogP contribution in [-0.2, 0) is 0 Å². The molecule has 1 saturated carbocycles. The van der Waals surface area contributed by atoms with Crippen molar-refractivity contribution in [2.75, 3.05) is 17.6 Å². The molecule has 3 rings (SSSR count). The molecule has 80 valence electrons. The lowest BCUT2D eigenvalue weighted by Gasteiger charge is -2.40. The SMILES string of the molecule is Fc1ccc2c(c1)SCC1(CCC1)CN2. The molecule has 0 aromatic heterocycles. The van der Waals surface area contributed by atoms with Crippen LogP contribution in [0.25, 0.3) is 0 Å². The van der Waals surface area contributed by atoms with Gasteiger partial charge in [0.1, 0.15) is 5.82 Å². The zero-order valence-electron chi connectivity index (χ0n) is 8.55. The topological polar surface area (TPSA) is 12.0 Å². The number of hydrogen-bond acceptors (Lipinski definition) is 2. The van der Waals surface area contributed by atoms with E-state index in [0.29, 0.717) is 5.41 Å². The number of nitrogens with one attached hydrogen (secondary N) is 1. The van der Waals surface area contributed by atoms with E-state index in [4.69, 9.17) is 0 Å². The standard InChI is InChI=1S/C12H14FNS/c13-9-2-3-10-11(6-9)15-8-12(7-14-10)4-1-5-12/h2-3,6,14H,1,4-5,7-8H2. The second-order valence-corrected chi connectivity index (χ2v) is 5.65. The van der Waals surface area contributed by atoms with Gasteiger partial charge in [-0.15, -0.1) is 11.8 Å². The molecule has 1 fully saturated rings. The van der Waals surface area contributed by atoms with E-state index < -0.39 is 0 Å². The number of benzene rings is 1. The van der Waals surface area contributed by atoms with Gasteiger partial charge in [0.15, 0.2) is 0 Å². The Morgan fingerprint density at radius 3 is 2.93 bits per heavy atom. The number of thioether (sulfide) groups is 1. The Hall–Kier alpha value is -0.700. The van der Waals surface area contributed by atoms with E-state index in [-0.39, 0.29) is 5.82 Å². The highest BCUT2D eigenvalue weighted by atomic mass is 32.2. The van der Waals surface area contributed by atoms with Gasteiger partial charge >= 0.3 is 0 Å². The van der Waals surface area contributed by atoms with Gasteiger partial charge in [0.2, 0.25) is 0 Å². The summed E-state index contributed by atoms with van der Waals surface area (Å²) in [6.45, 7) is 1.05. The molecule has 1 aliphatic heterocycles. The van der Waals surface area contributed by atoms with Crippen molar-refractivity contribution in [1.82, 2.24) is 0 Å². The molecule has 1 nitrogen and oxygen atoms in total. The van der Waals surface area contributed by atoms with Crippen LogP contribution in [0.5, 0.6) is 0 Å². The van der Waals surface area contributed by atoms with E-state index in [9.17, 15) is 4.39 Å². The number of anilines is 1. The predicted molar refractivity (Wildman–Crippen MR) is 61.9 cm³/mol. The van der Waals surface area contributed by atoms with Gasteiger partial charge in [-0.2, -0.15) is 0 Å². The van der Waals surface area contributed by atoms with Gasteiger partial charge in [0.25, 0.3) is 0 Å². The van der Waals surface area contributed by atoms with Gasteiger partial charge in [-0.1, -0.05) is 6.42 Å². The smallest absolute Gasteiger partial charge is 0.124 e. The summed E-state index contributed by atoms with van der Waals surface area (Å²) in [5.74, 6) is 1.00. The number of halogens is 1. The molecule has 1 heterocycles. The molecule has 15 heavy (non-hydrogen) atoms. The van der Waals surface area contributed by atoms with Crippen molar-refractivity contribution in [3.63, 3.8) is 0 Å². The second kappa shape index (κ2) is 3.41. The highest BCUT2D eigenvalue weighted by molar-refractivity contribution is 7.99. The average Bonchev–Trinajstić information content (AvgIpc) is 2.36. The first-order valence-corrected chi connectivity index (χ1v) is 6.42. The van der Waals surface area contributed by atoms with E-state index in [1.54, 1.807) is 17.8 Å². The van der Waals surface area contributed by atoms with Gasteiger partial charge in [-0.05, 0) is 36.5 Å². The molecular formula is C12H14FNS. The molecule has 1 N–H and O–H groups in total. The fraction of sp³-hybridized carbons (Fsp3) is 0.500. The van der Waals surface area contributed by atoms with E-state index in [2.05, 4.69) is 5.32 Å². The quantitative estimate of drug-likeness (QED) is 0.722. The first-order valence-electron chi connectivity index (χ1n) is 5.44. The second-order valence-electron chi connectivity index (χ2n) is 4.64. The van der Waals surface area contributed by atoms with Crippen molar-refractivity contribution < 1.29 is 4.39 Å². The van der Waals surface area contributed by atoms with Gasteiger partial charge in [-0.3, -0.25) is 0 Å². The molecule has 0 radical (unpaired) electrons. The maximum Gasteiger partial charge on any atom is 0.124 e. The summed E-state index contributed by atoms with van der Waals surface area (Å²) in [4.78, 5) is 1.07. The van der Waals surface area contributed by atoms with Crippen LogP contribution >= 0.6 is 11.8 Å². The zero-order valence-corrected chi connectivity index (χ0v) is 9.37. The summed E-state index contributed by atoms with van der Waals surface area (Å²) in [7, 11) is 0. The van der Waals surface area contributed by atoms with Crippen LogP contribution in [0, 0.1) is 11.2 Å². The molecule has 1 aliphatic carbocycles. The molecule has 1 aromatic carbocycles. The number of fused-ring (bicyclic) bond motifs is 1. The third-order valence-corrected chi connectivity index (χ3v) is 4.95. The molecule has 0 bridgehead atoms. The van der Waals surface area contributed by atoms with Crippen LogP contribution in [0.15, 0.2) is 23.1 Å². The summed E-state index contributed by atoms with van der Waals surface area (Å²) in [5, 5.41) is 3.46. The predicted octanol–water partition coefficient (Wildman–Crippen LogP) is 3.51. The summed E-state index contributed by atoms with van der Waals surface area (Å²) in [5.41, 5.74) is 1.59. The minimum Gasteiger partial charge on any atom is -0.384 e. The van der Waals surface area contributed by atoms with Crippen LogP contribution in [0.3, 0.4) is 0 Å². The van der Waals surface area contributed by atoms with E-state index in [0.717, 1.165) is 22.9 Å². The lowest BCUT2D eigenvalue weighted by atomic mass is 9.70. The van der Waals surface area contributed by atoms with Crippen molar-refractivity contribution in [3.8, 4) is 0 Å². The van der Waals surface area contributed by atoms with Crippen molar-refractivity contribution in [3.05, 3.63) is 24.0 Å². The summed E-state index contributed by atoms with van der Waals surface area (Å²) >= 11 is 1.80. The van der Waals surface area contributed by atoms with Crippen molar-refractivity contribution in [2.24, 2.45) is 5.41 Å². The summed E-state index contributed by atoms with van der Waals surface area (Å²) in [6.07, 6.45) is 4.00. The summed E-state index contributed by atoms with van der Waals surface area (Å²) < 4.78 is 13.1. The Morgan fingerprint density at radius 1 is 1.33 bits per heavy atom. The Balaban J connectivity index is 1.88. The molecule has 1 spiro atoms. The van der Waals surface area contributed by atoms with Crippen LogP contribution in [0.2, 0.25) is 0 Å². The number of rotatable bonds is 0. The van der Waals surface area contributed by atoms with E-state index >= 15 is 0 Å². The molecule has 0 saturated heterocycles. The Morgan fingerprint density at radius 2 is 2.20 bits per heavy atom. The summed E-state index contributed by atoms with van der Waals surface area (Å²) in [6, 6.07) is 5.03. The third-order valence-electron chi connectivity index (χ3n) is 3.55. The van der Waals surface area contributed by atoms with Crippen LogP contribution in [-0.4, -0.2) is 12.3 Å². The van der Waals surface area contributed by atoms with Crippen molar-refractivity contribution in [2.45, 2.75) is 24.2 Å². The number of hydrogen-bond donors (Lipinski definition) is 1. The molecule has 0 amide bonds. The lowest BCUT2D eigenvalue weighted by Crippen LogP contribution is -2.37. The molecule has 2 aliphatic rings.